The largest absolute Gasteiger partial charge is 0.493 e. The van der Waals surface area contributed by atoms with E-state index in [1.54, 1.807) is 6.20 Å². The summed E-state index contributed by atoms with van der Waals surface area (Å²) < 4.78 is 6.02. The lowest BCUT2D eigenvalue weighted by atomic mass is 10.2. The van der Waals surface area contributed by atoms with Crippen LogP contribution in [0.4, 0.5) is 5.82 Å². The van der Waals surface area contributed by atoms with Gasteiger partial charge in [0.25, 0.3) is 0 Å². The summed E-state index contributed by atoms with van der Waals surface area (Å²) in [5, 5.41) is 3.81. The van der Waals surface area contributed by atoms with Crippen LogP contribution in [0.3, 0.4) is 0 Å². The number of rotatable bonds is 11. The smallest absolute Gasteiger partial charge is 0.149 e. The third-order valence-corrected chi connectivity index (χ3v) is 6.34. The molecule has 0 spiro atoms. The summed E-state index contributed by atoms with van der Waals surface area (Å²) >= 11 is 8.26. The molecule has 0 fully saturated rings. The molecule has 0 saturated heterocycles. The number of anilines is 1. The lowest BCUT2D eigenvalue weighted by molar-refractivity contribution is 0.307. The molecule has 0 aliphatic rings. The topological polar surface area (TPSA) is 72.8 Å². The minimum atomic E-state index is 0.518. The molecule has 164 valence electrons. The van der Waals surface area contributed by atoms with Crippen molar-refractivity contribution in [3.05, 3.63) is 70.2 Å². The quantitative estimate of drug-likeness (QED) is 0.378. The summed E-state index contributed by atoms with van der Waals surface area (Å²) in [7, 11) is 0. The van der Waals surface area contributed by atoms with Crippen molar-refractivity contribution in [2.75, 3.05) is 17.7 Å². The number of pyridine rings is 2. The predicted molar refractivity (Wildman–Crippen MR) is 128 cm³/mol. The van der Waals surface area contributed by atoms with E-state index in [4.69, 9.17) is 16.3 Å². The zero-order valence-electron chi connectivity index (χ0n) is 18.2. The van der Waals surface area contributed by atoms with Gasteiger partial charge in [-0.15, -0.1) is 0 Å². The van der Waals surface area contributed by atoms with Crippen LogP contribution >= 0.6 is 23.4 Å². The number of ether oxygens (including phenoxy) is 1. The minimum Gasteiger partial charge on any atom is -0.493 e. The number of thioether (sulfide) groups is 1. The van der Waals surface area contributed by atoms with Gasteiger partial charge in [0, 0.05) is 29.9 Å². The van der Waals surface area contributed by atoms with Gasteiger partial charge in [0.2, 0.25) is 0 Å². The summed E-state index contributed by atoms with van der Waals surface area (Å²) in [5.41, 5.74) is 4.02. The Labute approximate surface area is 193 Å². The van der Waals surface area contributed by atoms with Gasteiger partial charge in [0.05, 0.1) is 24.5 Å². The normalized spacial score (nSPS) is 10.8. The molecule has 3 heterocycles. The molecule has 3 rings (SSSR count). The van der Waals surface area contributed by atoms with Gasteiger partial charge in [-0.05, 0) is 63.1 Å². The SMILES string of the molecule is Cc1nc(C)c(Cl)c(NCc2nccc(OCCCCSCc3ccncc3)c2C)n1. The number of halogens is 1. The Morgan fingerprint density at radius 3 is 2.65 bits per heavy atom. The van der Waals surface area contributed by atoms with Crippen LogP contribution in [0, 0.1) is 20.8 Å². The Bertz CT molecular complexity index is 987. The number of aryl methyl sites for hydroxylation is 2. The summed E-state index contributed by atoms with van der Waals surface area (Å²) in [5.74, 6) is 4.33. The molecule has 0 aromatic carbocycles. The van der Waals surface area contributed by atoms with Crippen molar-refractivity contribution < 1.29 is 4.74 Å². The van der Waals surface area contributed by atoms with E-state index in [1.165, 1.54) is 5.56 Å². The number of nitrogens with zero attached hydrogens (tertiary/aromatic N) is 4. The molecule has 0 bridgehead atoms. The highest BCUT2D eigenvalue weighted by Crippen LogP contribution is 2.25. The molecule has 8 heteroatoms. The van der Waals surface area contributed by atoms with Gasteiger partial charge in [0.1, 0.15) is 22.4 Å². The van der Waals surface area contributed by atoms with Crippen molar-refractivity contribution >= 4 is 29.2 Å². The first-order chi connectivity index (χ1) is 15.0. The van der Waals surface area contributed by atoms with Crippen LogP contribution in [0.2, 0.25) is 5.02 Å². The number of hydrogen-bond donors (Lipinski definition) is 1. The highest BCUT2D eigenvalue weighted by molar-refractivity contribution is 7.98. The fourth-order valence-electron chi connectivity index (χ4n) is 3.03. The van der Waals surface area contributed by atoms with Gasteiger partial charge in [-0.3, -0.25) is 9.97 Å². The van der Waals surface area contributed by atoms with E-state index in [9.17, 15) is 0 Å². The van der Waals surface area contributed by atoms with Gasteiger partial charge < -0.3 is 10.1 Å². The predicted octanol–water partition coefficient (Wildman–Crippen LogP) is 5.55. The van der Waals surface area contributed by atoms with Gasteiger partial charge in [-0.2, -0.15) is 11.8 Å². The van der Waals surface area contributed by atoms with E-state index in [-0.39, 0.29) is 0 Å². The molecule has 0 radical (unpaired) electrons. The van der Waals surface area contributed by atoms with Crippen molar-refractivity contribution in [3.8, 4) is 5.75 Å². The maximum absolute atomic E-state index is 6.32. The van der Waals surface area contributed by atoms with Crippen LogP contribution in [0.15, 0.2) is 36.8 Å². The summed E-state index contributed by atoms with van der Waals surface area (Å²) in [6.45, 7) is 6.97. The molecular formula is C23H28ClN5OS. The lowest BCUT2D eigenvalue weighted by Gasteiger charge is -2.14. The Balaban J connectivity index is 1.43. The van der Waals surface area contributed by atoms with E-state index in [0.717, 1.165) is 47.0 Å². The van der Waals surface area contributed by atoms with Crippen LogP contribution in [0.1, 0.15) is 41.2 Å². The second-order valence-corrected chi connectivity index (χ2v) is 8.70. The molecule has 0 saturated carbocycles. The van der Waals surface area contributed by atoms with Crippen molar-refractivity contribution in [3.63, 3.8) is 0 Å². The number of nitrogens with one attached hydrogen (secondary N) is 1. The third-order valence-electron chi connectivity index (χ3n) is 4.77. The first-order valence-corrected chi connectivity index (χ1v) is 11.9. The van der Waals surface area contributed by atoms with Crippen molar-refractivity contribution in [2.45, 2.75) is 45.9 Å². The van der Waals surface area contributed by atoms with Crippen LogP contribution in [0.5, 0.6) is 5.75 Å². The first-order valence-electron chi connectivity index (χ1n) is 10.3. The molecule has 3 aromatic rings. The standard InChI is InChI=1S/C23H28ClN5OS/c1-16-20(14-27-23-22(24)17(2)28-18(3)29-23)26-11-8-21(16)30-12-4-5-13-31-15-19-6-9-25-10-7-19/h6-11H,4-5,12-15H2,1-3H3,(H,27,28,29). The summed E-state index contributed by atoms with van der Waals surface area (Å²) in [6.07, 6.45) is 7.61. The summed E-state index contributed by atoms with van der Waals surface area (Å²) in [4.78, 5) is 17.2. The zero-order chi connectivity index (χ0) is 22.1. The van der Waals surface area contributed by atoms with E-state index in [0.29, 0.717) is 29.8 Å². The van der Waals surface area contributed by atoms with Crippen LogP contribution in [-0.2, 0) is 12.3 Å². The van der Waals surface area contributed by atoms with Gasteiger partial charge in [-0.25, -0.2) is 9.97 Å². The second kappa shape index (κ2) is 11.9. The van der Waals surface area contributed by atoms with Crippen LogP contribution < -0.4 is 10.1 Å². The second-order valence-electron chi connectivity index (χ2n) is 7.22. The molecule has 31 heavy (non-hydrogen) atoms. The van der Waals surface area contributed by atoms with Crippen molar-refractivity contribution in [1.82, 2.24) is 19.9 Å². The molecule has 6 nitrogen and oxygen atoms in total. The molecule has 0 atom stereocenters. The van der Waals surface area contributed by atoms with Crippen LogP contribution in [-0.4, -0.2) is 32.3 Å². The average molecular weight is 458 g/mol. The molecule has 0 aliphatic carbocycles. The lowest BCUT2D eigenvalue weighted by Crippen LogP contribution is -2.09. The molecule has 0 aliphatic heterocycles. The molecular weight excluding hydrogens is 430 g/mol. The van der Waals surface area contributed by atoms with Gasteiger partial charge in [0.15, 0.2) is 0 Å². The Hall–Kier alpha value is -2.38. The minimum absolute atomic E-state index is 0.518. The average Bonchev–Trinajstić information content (AvgIpc) is 2.77. The van der Waals surface area contributed by atoms with E-state index < -0.39 is 0 Å². The monoisotopic (exact) mass is 457 g/mol. The molecule has 3 aromatic heterocycles. The fraction of sp³-hybridized carbons (Fsp3) is 0.391. The van der Waals surface area contributed by atoms with Crippen LogP contribution in [0.25, 0.3) is 0 Å². The Kier molecular flexibility index (Phi) is 8.91. The molecule has 0 amide bonds. The summed E-state index contributed by atoms with van der Waals surface area (Å²) in [6, 6.07) is 6.05. The molecule has 1 N–H and O–H groups in total. The van der Waals surface area contributed by atoms with E-state index >= 15 is 0 Å². The first kappa shape index (κ1) is 23.3. The van der Waals surface area contributed by atoms with E-state index in [1.807, 2.05) is 51.0 Å². The number of unbranched alkanes of at least 4 members (excludes halogenated alkanes) is 1. The maximum Gasteiger partial charge on any atom is 0.149 e. The number of hydrogen-bond acceptors (Lipinski definition) is 7. The highest BCUT2D eigenvalue weighted by atomic mass is 35.5. The van der Waals surface area contributed by atoms with Crippen molar-refractivity contribution in [1.29, 1.82) is 0 Å². The Morgan fingerprint density at radius 2 is 1.84 bits per heavy atom. The van der Waals surface area contributed by atoms with Gasteiger partial charge in [-0.1, -0.05) is 11.6 Å². The van der Waals surface area contributed by atoms with Gasteiger partial charge >= 0.3 is 0 Å². The zero-order valence-corrected chi connectivity index (χ0v) is 19.8. The van der Waals surface area contributed by atoms with Crippen molar-refractivity contribution in [2.24, 2.45) is 0 Å². The fourth-order valence-corrected chi connectivity index (χ4v) is 4.17. The third kappa shape index (κ3) is 7.08. The molecule has 0 unspecified atom stereocenters. The maximum atomic E-state index is 6.32. The van der Waals surface area contributed by atoms with E-state index in [2.05, 4.69) is 37.4 Å². The highest BCUT2D eigenvalue weighted by Gasteiger charge is 2.11. The Morgan fingerprint density at radius 1 is 1.03 bits per heavy atom. The number of aromatic nitrogens is 4.